The van der Waals surface area contributed by atoms with Crippen LogP contribution in [-0.4, -0.2) is 15.0 Å². The highest BCUT2D eigenvalue weighted by molar-refractivity contribution is 6.12. The van der Waals surface area contributed by atoms with E-state index in [2.05, 4.69) is 146 Å². The normalized spacial score (nSPS) is 12.5. The molecule has 0 unspecified atom stereocenters. The predicted molar refractivity (Wildman–Crippen MR) is 209 cm³/mol. The van der Waals surface area contributed by atoms with Gasteiger partial charge >= 0.3 is 0 Å². The quantitative estimate of drug-likeness (QED) is 0.185. The fraction of sp³-hybridized carbons (Fsp3) is 0.0426. The molecular weight excluding hydrogens is 623 g/mol. The van der Waals surface area contributed by atoms with Crippen LogP contribution < -0.4 is 0 Å². The van der Waals surface area contributed by atoms with Crippen molar-refractivity contribution in [2.75, 3.05) is 0 Å². The average Bonchev–Trinajstić information content (AvgIpc) is 3.59. The van der Waals surface area contributed by atoms with Gasteiger partial charge in [-0.25, -0.2) is 15.0 Å². The number of para-hydroxylation sites is 1. The van der Waals surface area contributed by atoms with Gasteiger partial charge in [-0.05, 0) is 75.2 Å². The Morgan fingerprint density at radius 3 is 1.82 bits per heavy atom. The summed E-state index contributed by atoms with van der Waals surface area (Å²) in [7, 11) is 0. The Morgan fingerprint density at radius 1 is 0.451 bits per heavy atom. The SMILES string of the molecule is C1=Cc2cccc(-c3ccc(-c4nc(-c5ccc(-c6cccc7oc8ccccc8c67)cc5)nc(-c5ccc6ccccc6c5)n4)cc3)c2CC1. The minimum absolute atomic E-state index is 0.634. The van der Waals surface area contributed by atoms with Crippen LogP contribution in [0, 0.1) is 0 Å². The van der Waals surface area contributed by atoms with Crippen molar-refractivity contribution < 1.29 is 4.42 Å². The third-order valence-electron chi connectivity index (χ3n) is 10.0. The molecule has 0 N–H and O–H groups in total. The molecule has 240 valence electrons. The summed E-state index contributed by atoms with van der Waals surface area (Å²) in [5.41, 5.74) is 12.1. The van der Waals surface area contributed by atoms with Crippen molar-refractivity contribution >= 4 is 38.8 Å². The molecule has 0 radical (unpaired) electrons. The molecule has 0 bridgehead atoms. The molecule has 10 rings (SSSR count). The molecule has 0 atom stereocenters. The van der Waals surface area contributed by atoms with Gasteiger partial charge in [0, 0.05) is 27.5 Å². The van der Waals surface area contributed by atoms with E-state index in [1.807, 2.05) is 18.2 Å². The Kier molecular flexibility index (Phi) is 6.91. The van der Waals surface area contributed by atoms with Crippen molar-refractivity contribution in [3.63, 3.8) is 0 Å². The number of aromatic nitrogens is 3. The van der Waals surface area contributed by atoms with E-state index in [9.17, 15) is 0 Å². The molecule has 4 heteroatoms. The Morgan fingerprint density at radius 2 is 1.04 bits per heavy atom. The van der Waals surface area contributed by atoms with E-state index in [4.69, 9.17) is 19.4 Å². The van der Waals surface area contributed by atoms with E-state index < -0.39 is 0 Å². The zero-order chi connectivity index (χ0) is 33.7. The van der Waals surface area contributed by atoms with Crippen LogP contribution in [0.3, 0.4) is 0 Å². The summed E-state index contributed by atoms with van der Waals surface area (Å²) in [5.74, 6) is 1.92. The second-order valence-corrected chi connectivity index (χ2v) is 13.1. The lowest BCUT2D eigenvalue weighted by Gasteiger charge is -2.16. The number of benzene rings is 7. The smallest absolute Gasteiger partial charge is 0.164 e. The maximum atomic E-state index is 6.17. The minimum Gasteiger partial charge on any atom is -0.456 e. The summed E-state index contributed by atoms with van der Waals surface area (Å²) >= 11 is 0. The molecule has 4 nitrogen and oxygen atoms in total. The number of allylic oxidation sites excluding steroid dienone is 1. The maximum Gasteiger partial charge on any atom is 0.164 e. The highest BCUT2D eigenvalue weighted by Crippen LogP contribution is 2.38. The van der Waals surface area contributed by atoms with Crippen molar-refractivity contribution in [1.82, 2.24) is 15.0 Å². The molecule has 1 aliphatic carbocycles. The third kappa shape index (κ3) is 5.20. The van der Waals surface area contributed by atoms with Crippen LogP contribution in [0.4, 0.5) is 0 Å². The van der Waals surface area contributed by atoms with Crippen LogP contribution in [0.25, 0.3) is 95.2 Å². The van der Waals surface area contributed by atoms with E-state index in [0.29, 0.717) is 17.5 Å². The number of hydrogen-bond acceptors (Lipinski definition) is 4. The van der Waals surface area contributed by atoms with Gasteiger partial charge in [0.25, 0.3) is 0 Å². The standard InChI is InChI=1S/C47H31N3O/c1-2-11-36-29-37(28-19-30(36)9-1)47-49-45(34-24-20-32(21-25-34)39-15-7-12-31-10-3-4-13-38(31)39)48-46(50-47)35-26-22-33(23-27-35)40-16-8-18-43-44(40)41-14-5-6-17-42(41)51-43/h1-3,5-12,14-29H,4,13H2. The largest absolute Gasteiger partial charge is 0.456 e. The molecule has 1 aliphatic rings. The Bertz CT molecular complexity index is 2790. The van der Waals surface area contributed by atoms with Gasteiger partial charge in [0.15, 0.2) is 17.5 Å². The van der Waals surface area contributed by atoms with Crippen molar-refractivity contribution in [3.8, 4) is 56.4 Å². The number of furan rings is 1. The van der Waals surface area contributed by atoms with Gasteiger partial charge in [-0.15, -0.1) is 0 Å². The highest BCUT2D eigenvalue weighted by Gasteiger charge is 2.16. The first-order valence-corrected chi connectivity index (χ1v) is 17.4. The topological polar surface area (TPSA) is 51.8 Å². The summed E-state index contributed by atoms with van der Waals surface area (Å²) in [6, 6.07) is 53.0. The van der Waals surface area contributed by atoms with Crippen LogP contribution in [-0.2, 0) is 6.42 Å². The van der Waals surface area contributed by atoms with Gasteiger partial charge in [0.1, 0.15) is 11.2 Å². The maximum absolute atomic E-state index is 6.17. The summed E-state index contributed by atoms with van der Waals surface area (Å²) in [4.78, 5) is 15.2. The summed E-state index contributed by atoms with van der Waals surface area (Å²) in [6.07, 6.45) is 6.63. The Labute approximate surface area is 295 Å². The lowest BCUT2D eigenvalue weighted by atomic mass is 9.89. The number of fused-ring (bicyclic) bond motifs is 5. The second kappa shape index (κ2) is 12.0. The minimum atomic E-state index is 0.634. The molecule has 0 fully saturated rings. The molecule has 0 saturated heterocycles. The zero-order valence-electron chi connectivity index (χ0n) is 27.8. The number of hydrogen-bond donors (Lipinski definition) is 0. The van der Waals surface area contributed by atoms with Gasteiger partial charge in [-0.3, -0.25) is 0 Å². The molecule has 0 aliphatic heterocycles. The monoisotopic (exact) mass is 653 g/mol. The average molecular weight is 654 g/mol. The van der Waals surface area contributed by atoms with Gasteiger partial charge in [0.05, 0.1) is 0 Å². The Hall–Kier alpha value is -6.65. The lowest BCUT2D eigenvalue weighted by Crippen LogP contribution is -2.00. The molecule has 0 amide bonds. The van der Waals surface area contributed by atoms with Gasteiger partial charge in [-0.2, -0.15) is 0 Å². The zero-order valence-corrected chi connectivity index (χ0v) is 27.8. The summed E-state index contributed by atoms with van der Waals surface area (Å²) in [5, 5.41) is 4.57. The van der Waals surface area contributed by atoms with Gasteiger partial charge in [0.2, 0.25) is 0 Å². The van der Waals surface area contributed by atoms with Crippen molar-refractivity contribution in [3.05, 3.63) is 169 Å². The lowest BCUT2D eigenvalue weighted by molar-refractivity contribution is 0.669. The van der Waals surface area contributed by atoms with Crippen LogP contribution in [0.2, 0.25) is 0 Å². The van der Waals surface area contributed by atoms with Crippen LogP contribution in [0.5, 0.6) is 0 Å². The van der Waals surface area contributed by atoms with E-state index in [1.54, 1.807) is 0 Å². The molecule has 7 aromatic carbocycles. The van der Waals surface area contributed by atoms with Crippen LogP contribution >= 0.6 is 0 Å². The first kappa shape index (κ1) is 29.3. The molecule has 51 heavy (non-hydrogen) atoms. The van der Waals surface area contributed by atoms with Crippen LogP contribution in [0.1, 0.15) is 17.5 Å². The van der Waals surface area contributed by atoms with Gasteiger partial charge in [-0.1, -0.05) is 146 Å². The molecule has 2 aromatic heterocycles. The molecule has 2 heterocycles. The first-order valence-electron chi connectivity index (χ1n) is 17.4. The fourth-order valence-corrected chi connectivity index (χ4v) is 7.45. The van der Waals surface area contributed by atoms with Crippen molar-refractivity contribution in [1.29, 1.82) is 0 Å². The highest BCUT2D eigenvalue weighted by atomic mass is 16.3. The first-order chi connectivity index (χ1) is 25.2. The van der Waals surface area contributed by atoms with E-state index in [1.165, 1.54) is 27.6 Å². The van der Waals surface area contributed by atoms with Crippen molar-refractivity contribution in [2.24, 2.45) is 0 Å². The fourth-order valence-electron chi connectivity index (χ4n) is 7.45. The number of rotatable bonds is 5. The molecule has 0 spiro atoms. The molecule has 0 saturated carbocycles. The van der Waals surface area contributed by atoms with E-state index in [0.717, 1.165) is 68.0 Å². The predicted octanol–water partition coefficient (Wildman–Crippen LogP) is 12.2. The van der Waals surface area contributed by atoms with E-state index in [-0.39, 0.29) is 0 Å². The second-order valence-electron chi connectivity index (χ2n) is 13.1. The van der Waals surface area contributed by atoms with E-state index >= 15 is 0 Å². The molecular formula is C47H31N3O. The Balaban J connectivity index is 1.07. The third-order valence-corrected chi connectivity index (χ3v) is 10.0. The number of nitrogens with zero attached hydrogens (tertiary/aromatic N) is 3. The molecule has 9 aromatic rings. The van der Waals surface area contributed by atoms with Gasteiger partial charge < -0.3 is 4.42 Å². The van der Waals surface area contributed by atoms with Crippen molar-refractivity contribution in [2.45, 2.75) is 12.8 Å². The van der Waals surface area contributed by atoms with Crippen LogP contribution in [0.15, 0.2) is 162 Å². The summed E-state index contributed by atoms with van der Waals surface area (Å²) in [6.45, 7) is 0. The summed E-state index contributed by atoms with van der Waals surface area (Å²) < 4.78 is 6.17.